The Labute approximate surface area is 691 Å². The van der Waals surface area contributed by atoms with Gasteiger partial charge in [0.25, 0.3) is 0 Å². The van der Waals surface area contributed by atoms with Crippen molar-refractivity contribution in [3.8, 4) is 89.3 Å². The molecule has 2 aromatic heterocycles. The number of nitrogens with zero attached hydrogens (tertiary/aromatic N) is 4. The van der Waals surface area contributed by atoms with E-state index in [1.165, 1.54) is 123 Å². The minimum atomic E-state index is -0.682. The molecule has 5 heteroatoms. The number of fused-ring (bicyclic) bond motifs is 11. The molecule has 0 spiro atoms. The Hall–Kier alpha value is -13.8. The first kappa shape index (κ1) is 73.1. The van der Waals surface area contributed by atoms with Crippen molar-refractivity contribution in [2.75, 3.05) is 9.80 Å². The second kappa shape index (κ2) is 30.4. The number of hydrogen-bond acceptors (Lipinski definition) is 3. The van der Waals surface area contributed by atoms with Crippen molar-refractivity contribution >= 4 is 88.5 Å². The molecule has 0 saturated carbocycles. The number of aliphatic hydroxyl groups is 1. The summed E-state index contributed by atoms with van der Waals surface area (Å²) in [6, 6.07) is 145. The maximum Gasteiger partial charge on any atom is 0.0620 e. The van der Waals surface area contributed by atoms with E-state index < -0.39 is 11.0 Å². The van der Waals surface area contributed by atoms with Crippen LogP contribution in [0.25, 0.3) is 144 Å². The van der Waals surface area contributed by atoms with Gasteiger partial charge in [-0.05, 0) is 272 Å². The van der Waals surface area contributed by atoms with Gasteiger partial charge in [0.1, 0.15) is 0 Å². The summed E-state index contributed by atoms with van der Waals surface area (Å²) in [5, 5.41) is 18.1. The fourth-order valence-electron chi connectivity index (χ4n) is 18.4. The molecule has 1 N–H and O–H groups in total. The van der Waals surface area contributed by atoms with Gasteiger partial charge in [0.2, 0.25) is 0 Å². The fraction of sp³-hybridized carbons (Fsp3) is 0.115. The largest absolute Gasteiger partial charge is 0.390 e. The third kappa shape index (κ3) is 13.4. The topological polar surface area (TPSA) is 36.6 Å². The summed E-state index contributed by atoms with van der Waals surface area (Å²) in [5.41, 5.74) is 33.8. The maximum absolute atomic E-state index is 10.9. The SMILES string of the molecule is CCCCc1ccc(-c2ccc3c(c2)c2cc(-c4ccccc4)ccc2n3-c2cccc(N(c3ccc(-c4ccccc4)cc3)c3ccc4c(c3)C(C)(C)c3cc(N(c5ccc(-c6ccccc6)cc5)c5cccc(-n6c7ccc(-c8ccccc8)cc7c7cc(-c8ccc(CCC(C)(O)CC)cc8)ccc76)c5)c5ccccc5c3-4)c2)cc1. The first-order valence-electron chi connectivity index (χ1n) is 41.9. The summed E-state index contributed by atoms with van der Waals surface area (Å²) in [6.45, 7) is 11.1. The predicted octanol–water partition coefficient (Wildman–Crippen LogP) is 30.7. The van der Waals surface area contributed by atoms with E-state index in [0.29, 0.717) is 0 Å². The van der Waals surface area contributed by atoms with Gasteiger partial charge in [-0.1, -0.05) is 295 Å². The molecule has 570 valence electrons. The Kier molecular flexibility index (Phi) is 18.8. The average Bonchev–Trinajstić information content (AvgIpc) is 1.54. The summed E-state index contributed by atoms with van der Waals surface area (Å²) in [4.78, 5) is 4.98. The highest BCUT2D eigenvalue weighted by atomic mass is 16.3. The van der Waals surface area contributed by atoms with E-state index in [0.717, 1.165) is 115 Å². The number of rotatable bonds is 21. The Morgan fingerprint density at radius 3 is 1.09 bits per heavy atom. The second-order valence-electron chi connectivity index (χ2n) is 32.9. The quantitative estimate of drug-likeness (QED) is 0.0779. The fourth-order valence-corrected chi connectivity index (χ4v) is 18.4. The van der Waals surface area contributed by atoms with Crippen LogP contribution in [0.1, 0.15) is 82.6 Å². The maximum atomic E-state index is 10.9. The zero-order chi connectivity index (χ0) is 79.6. The molecular weight excluding hydrogens is 1430 g/mol. The van der Waals surface area contributed by atoms with Crippen LogP contribution >= 0.6 is 0 Å². The molecule has 1 aliphatic carbocycles. The van der Waals surface area contributed by atoms with Crippen molar-refractivity contribution < 1.29 is 5.11 Å². The van der Waals surface area contributed by atoms with E-state index in [4.69, 9.17) is 0 Å². The van der Waals surface area contributed by atoms with Crippen LogP contribution in [0.5, 0.6) is 0 Å². The highest BCUT2D eigenvalue weighted by Crippen LogP contribution is 2.57. The van der Waals surface area contributed by atoms with E-state index in [1.54, 1.807) is 0 Å². The Morgan fingerprint density at radius 2 is 0.653 bits per heavy atom. The van der Waals surface area contributed by atoms with Gasteiger partial charge < -0.3 is 24.0 Å². The van der Waals surface area contributed by atoms with Crippen molar-refractivity contribution in [1.29, 1.82) is 0 Å². The van der Waals surface area contributed by atoms with Crippen molar-refractivity contribution in [3.05, 3.63) is 411 Å². The van der Waals surface area contributed by atoms with Gasteiger partial charge in [-0.25, -0.2) is 0 Å². The summed E-state index contributed by atoms with van der Waals surface area (Å²) < 4.78 is 4.95. The lowest BCUT2D eigenvalue weighted by molar-refractivity contribution is 0.0473. The first-order chi connectivity index (χ1) is 57.9. The molecule has 2 heterocycles. The standard InChI is InChI=1S/C113H92N4O/c1-6-8-25-76-40-44-84(45-41-76)88-54-64-108-102(70-88)100-68-86(80-30-17-11-18-31-80)52-62-106(100)116(108)94-36-23-34-92(72-94)114(90-56-48-82(49-57-90)78-26-13-9-14-27-78)96-60-61-99-104(74-96)112(3,4)105-75-110(97-38-21-22-39-98(97)111(99)105)115(91-58-50-83(51-59-91)79-28-15-10-16-29-79)93-35-24-37-95(73-93)117-107-63-53-87(81-32-19-12-20-33-81)69-101(107)103-71-89(55-65-109(103)117)85-46-42-77(43-47-85)66-67-113(5,118)7-2/h9-24,26-65,68-75,118H,6-8,25,66-67H2,1-5H3. The molecule has 0 amide bonds. The summed E-state index contributed by atoms with van der Waals surface area (Å²) in [5.74, 6) is 0. The molecule has 0 bridgehead atoms. The van der Waals surface area contributed by atoms with E-state index >= 15 is 0 Å². The Morgan fingerprint density at radius 1 is 0.297 bits per heavy atom. The van der Waals surface area contributed by atoms with Crippen LogP contribution in [0.4, 0.5) is 34.1 Å². The molecule has 20 rings (SSSR count). The zero-order valence-electron chi connectivity index (χ0n) is 67.4. The molecule has 1 atom stereocenters. The molecule has 1 unspecified atom stereocenters. The zero-order valence-corrected chi connectivity index (χ0v) is 67.4. The van der Waals surface area contributed by atoms with Crippen molar-refractivity contribution in [2.24, 2.45) is 0 Å². The van der Waals surface area contributed by atoms with Gasteiger partial charge in [0.05, 0.1) is 33.4 Å². The monoisotopic (exact) mass is 1520 g/mol. The van der Waals surface area contributed by atoms with E-state index in [-0.39, 0.29) is 0 Å². The highest BCUT2D eigenvalue weighted by molar-refractivity contribution is 6.14. The molecule has 19 aromatic rings. The number of aromatic nitrogens is 2. The molecule has 0 radical (unpaired) electrons. The predicted molar refractivity (Wildman–Crippen MR) is 500 cm³/mol. The lowest BCUT2D eigenvalue weighted by atomic mass is 9.81. The second-order valence-corrected chi connectivity index (χ2v) is 32.9. The summed E-state index contributed by atoms with van der Waals surface area (Å²) >= 11 is 0. The molecule has 17 aromatic carbocycles. The van der Waals surface area contributed by atoms with Gasteiger partial charge in [-0.15, -0.1) is 0 Å². The number of unbranched alkanes of at least 4 members (excludes halogenated alkanes) is 1. The van der Waals surface area contributed by atoms with E-state index in [9.17, 15) is 5.11 Å². The lowest BCUT2D eigenvalue weighted by Gasteiger charge is -2.30. The van der Waals surface area contributed by atoms with Gasteiger partial charge in [0, 0.05) is 72.2 Å². The highest BCUT2D eigenvalue weighted by Gasteiger charge is 2.39. The van der Waals surface area contributed by atoms with Gasteiger partial charge in [-0.3, -0.25) is 0 Å². The average molecular weight is 1520 g/mol. The normalized spacial score (nSPS) is 12.8. The molecule has 118 heavy (non-hydrogen) atoms. The lowest BCUT2D eigenvalue weighted by Crippen LogP contribution is -2.23. The Balaban J connectivity index is 0.720. The minimum Gasteiger partial charge on any atom is -0.390 e. The van der Waals surface area contributed by atoms with E-state index in [1.807, 2.05) is 6.92 Å². The van der Waals surface area contributed by atoms with Crippen molar-refractivity contribution in [3.63, 3.8) is 0 Å². The van der Waals surface area contributed by atoms with Crippen LogP contribution < -0.4 is 9.80 Å². The van der Waals surface area contributed by atoms with Gasteiger partial charge in [0.15, 0.2) is 0 Å². The number of anilines is 6. The molecule has 0 aliphatic heterocycles. The van der Waals surface area contributed by atoms with Crippen LogP contribution in [-0.4, -0.2) is 19.8 Å². The first-order valence-corrected chi connectivity index (χ1v) is 41.9. The number of benzene rings is 17. The van der Waals surface area contributed by atoms with Crippen molar-refractivity contribution in [1.82, 2.24) is 9.13 Å². The molecule has 1 aliphatic rings. The Bertz CT molecular complexity index is 6960. The van der Waals surface area contributed by atoms with Crippen LogP contribution in [-0.2, 0) is 18.3 Å². The van der Waals surface area contributed by atoms with E-state index in [2.05, 4.69) is 435 Å². The van der Waals surface area contributed by atoms with Crippen LogP contribution in [0.3, 0.4) is 0 Å². The molecule has 0 saturated heterocycles. The van der Waals surface area contributed by atoms with Gasteiger partial charge >= 0.3 is 0 Å². The number of aryl methyl sites for hydroxylation is 2. The van der Waals surface area contributed by atoms with Crippen LogP contribution in [0.2, 0.25) is 0 Å². The van der Waals surface area contributed by atoms with Crippen LogP contribution in [0, 0.1) is 0 Å². The molecule has 5 nitrogen and oxygen atoms in total. The smallest absolute Gasteiger partial charge is 0.0620 e. The minimum absolute atomic E-state index is 0.467. The summed E-state index contributed by atoms with van der Waals surface area (Å²) in [6.07, 6.45) is 5.75. The third-order valence-corrected chi connectivity index (χ3v) is 25.2. The van der Waals surface area contributed by atoms with Gasteiger partial charge in [-0.2, -0.15) is 0 Å². The number of hydrogen-bond donors (Lipinski definition) is 1. The third-order valence-electron chi connectivity index (χ3n) is 25.2. The molecule has 0 fully saturated rings. The molecular formula is C113H92N4O. The summed E-state index contributed by atoms with van der Waals surface area (Å²) in [7, 11) is 0. The van der Waals surface area contributed by atoms with Crippen LogP contribution in [0.15, 0.2) is 388 Å². The van der Waals surface area contributed by atoms with Crippen molar-refractivity contribution in [2.45, 2.75) is 84.2 Å².